The van der Waals surface area contributed by atoms with E-state index in [2.05, 4.69) is 97.4 Å². The molecule has 5 rings (SSSR count). The fourth-order valence-corrected chi connectivity index (χ4v) is 3.44. The van der Waals surface area contributed by atoms with E-state index in [1.165, 1.54) is 27.5 Å². The molecule has 0 saturated heterocycles. The van der Waals surface area contributed by atoms with Crippen molar-refractivity contribution in [2.75, 3.05) is 0 Å². The maximum atomic E-state index is 4.64. The molecule has 0 bridgehead atoms. The van der Waals surface area contributed by atoms with Gasteiger partial charge in [0.05, 0.1) is 11.0 Å². The minimum atomic E-state index is 0. The molecule has 1 radical (unpaired) electrons. The van der Waals surface area contributed by atoms with Crippen LogP contribution in [0.15, 0.2) is 97.6 Å². The number of fused-ring (bicyclic) bond motifs is 2. The van der Waals surface area contributed by atoms with Crippen molar-refractivity contribution in [3.8, 4) is 11.1 Å². The Labute approximate surface area is 211 Å². The fourth-order valence-electron chi connectivity index (χ4n) is 3.44. The Hall–Kier alpha value is -3.01. The Balaban J connectivity index is 0.000000555. The Kier molecular flexibility index (Phi) is 12.3. The molecular formula is C29H36N3V+3. The summed E-state index contributed by atoms with van der Waals surface area (Å²) in [7, 11) is 4.05. The Morgan fingerprint density at radius 1 is 0.576 bits per heavy atom. The second-order valence-electron chi connectivity index (χ2n) is 7.28. The molecule has 4 heteroatoms. The molecular weight excluding hydrogens is 441 g/mol. The third-order valence-corrected chi connectivity index (χ3v) is 5.15. The smallest absolute Gasteiger partial charge is 0.358 e. The van der Waals surface area contributed by atoms with Crippen LogP contribution in [0.1, 0.15) is 20.4 Å². The van der Waals surface area contributed by atoms with Crippen LogP contribution in [0.3, 0.4) is 0 Å². The van der Waals surface area contributed by atoms with Gasteiger partial charge in [0, 0.05) is 35.0 Å². The third-order valence-electron chi connectivity index (χ3n) is 5.15. The van der Waals surface area contributed by atoms with E-state index >= 15 is 0 Å². The van der Waals surface area contributed by atoms with Crippen molar-refractivity contribution in [3.63, 3.8) is 0 Å². The van der Waals surface area contributed by atoms with E-state index < -0.39 is 0 Å². The first-order valence-corrected chi connectivity index (χ1v) is 9.77. The molecule has 0 unspecified atom stereocenters. The third kappa shape index (κ3) is 6.99. The van der Waals surface area contributed by atoms with Gasteiger partial charge in [-0.05, 0) is 35.7 Å². The molecule has 0 amide bonds. The Morgan fingerprint density at radius 3 is 1.27 bits per heavy atom. The molecule has 2 aromatic carbocycles. The molecule has 33 heavy (non-hydrogen) atoms. The van der Waals surface area contributed by atoms with Gasteiger partial charge in [-0.3, -0.25) is 0 Å². The molecule has 0 aliphatic carbocycles. The normalized spacial score (nSPS) is 9.30. The van der Waals surface area contributed by atoms with Crippen LogP contribution in [0.5, 0.6) is 0 Å². The maximum Gasteiger partial charge on any atom is 2.00 e. The van der Waals surface area contributed by atoms with Crippen LogP contribution < -0.4 is 9.13 Å². The number of rotatable bonds is 1. The summed E-state index contributed by atoms with van der Waals surface area (Å²) in [5.41, 5.74) is 5.98. The van der Waals surface area contributed by atoms with Crippen molar-refractivity contribution in [2.45, 2.75) is 21.8 Å². The largest absolute Gasteiger partial charge is 2.00 e. The molecule has 0 aliphatic rings. The first kappa shape index (κ1) is 30.0. The SMILES string of the molecule is C.C.C[n+]1ccc(-c2cc[n+](C)cc2)cc1.Cc1c2ccccc2nc2ccccc12.[CH3-].[V+2]. The summed E-state index contributed by atoms with van der Waals surface area (Å²) in [6.07, 6.45) is 8.23. The summed E-state index contributed by atoms with van der Waals surface area (Å²) in [6.45, 7) is 2.16. The topological polar surface area (TPSA) is 20.6 Å². The van der Waals surface area contributed by atoms with E-state index in [0.29, 0.717) is 0 Å². The average molecular weight is 478 g/mol. The number of nitrogens with zero attached hydrogens (tertiary/aromatic N) is 3. The standard InChI is InChI=1S/C14H11N.C12H14N2.2CH4.CH3.V/c1-10-11-6-2-4-8-13(11)15-14-9-5-3-7-12(10)14;1-13-7-3-11(4-8-13)12-5-9-14(2)10-6-12;;;;/h2-9H,1H3;3-10H,1-2H3;2*1H4;1H3;/q;+2;;;-1;+2. The molecule has 0 N–H and O–H groups in total. The zero-order valence-corrected chi connectivity index (χ0v) is 19.9. The number of pyridine rings is 3. The van der Waals surface area contributed by atoms with E-state index in [0.717, 1.165) is 11.0 Å². The zero-order chi connectivity index (χ0) is 20.2. The van der Waals surface area contributed by atoms with E-state index in [4.69, 9.17) is 0 Å². The number of hydrogen-bond acceptors (Lipinski definition) is 1. The minimum absolute atomic E-state index is 0. The molecule has 0 atom stereocenters. The summed E-state index contributed by atoms with van der Waals surface area (Å²) in [6, 6.07) is 25.1. The predicted molar refractivity (Wildman–Crippen MR) is 138 cm³/mol. The van der Waals surface area contributed by atoms with Crippen LogP contribution in [0.25, 0.3) is 32.9 Å². The number of para-hydroxylation sites is 2. The molecule has 3 nitrogen and oxygen atoms in total. The van der Waals surface area contributed by atoms with Crippen LogP contribution in [-0.2, 0) is 32.7 Å². The van der Waals surface area contributed by atoms with Gasteiger partial charge in [0.15, 0.2) is 24.8 Å². The van der Waals surface area contributed by atoms with Crippen LogP contribution in [0.4, 0.5) is 0 Å². The van der Waals surface area contributed by atoms with Crippen molar-refractivity contribution < 1.29 is 27.7 Å². The van der Waals surface area contributed by atoms with E-state index in [-0.39, 0.29) is 40.8 Å². The monoisotopic (exact) mass is 477 g/mol. The molecule has 5 aromatic rings. The predicted octanol–water partition coefficient (Wildman–Crippen LogP) is 6.42. The first-order chi connectivity index (χ1) is 14.1. The molecule has 3 aromatic heterocycles. The van der Waals surface area contributed by atoms with E-state index in [1.807, 2.05) is 35.4 Å². The van der Waals surface area contributed by atoms with E-state index in [1.54, 1.807) is 0 Å². The van der Waals surface area contributed by atoms with Gasteiger partial charge in [0.25, 0.3) is 0 Å². The van der Waals surface area contributed by atoms with Gasteiger partial charge in [-0.1, -0.05) is 51.3 Å². The molecule has 169 valence electrons. The average Bonchev–Trinajstić information content (AvgIpc) is 2.76. The Bertz CT molecular complexity index is 1170. The van der Waals surface area contributed by atoms with Gasteiger partial charge in [-0.2, -0.15) is 0 Å². The van der Waals surface area contributed by atoms with Crippen LogP contribution in [-0.4, -0.2) is 4.98 Å². The Morgan fingerprint density at radius 2 is 0.909 bits per heavy atom. The number of aromatic nitrogens is 3. The summed E-state index contributed by atoms with van der Waals surface area (Å²) in [5, 5.41) is 2.49. The van der Waals surface area contributed by atoms with E-state index in [9.17, 15) is 0 Å². The second kappa shape index (κ2) is 13.5. The van der Waals surface area contributed by atoms with Crippen molar-refractivity contribution >= 4 is 21.8 Å². The summed E-state index contributed by atoms with van der Waals surface area (Å²) >= 11 is 0. The second-order valence-corrected chi connectivity index (χ2v) is 7.28. The van der Waals surface area contributed by atoms with Gasteiger partial charge < -0.3 is 7.43 Å². The summed E-state index contributed by atoms with van der Waals surface area (Å²) < 4.78 is 4.07. The number of benzene rings is 2. The number of aryl methyl sites for hydroxylation is 3. The van der Waals surface area contributed by atoms with Crippen LogP contribution >= 0.6 is 0 Å². The molecule has 0 spiro atoms. The van der Waals surface area contributed by atoms with Gasteiger partial charge in [0.2, 0.25) is 0 Å². The quantitative estimate of drug-likeness (QED) is 0.155. The van der Waals surface area contributed by atoms with Crippen molar-refractivity contribution in [1.82, 2.24) is 4.98 Å². The molecule has 0 fully saturated rings. The van der Waals surface area contributed by atoms with Gasteiger partial charge in [-0.25, -0.2) is 14.1 Å². The summed E-state index contributed by atoms with van der Waals surface area (Å²) in [5.74, 6) is 0. The zero-order valence-electron chi connectivity index (χ0n) is 18.5. The number of hydrogen-bond donors (Lipinski definition) is 0. The maximum absolute atomic E-state index is 4.64. The van der Waals surface area contributed by atoms with Crippen molar-refractivity contribution in [3.05, 3.63) is 111 Å². The molecule has 0 saturated carbocycles. The van der Waals surface area contributed by atoms with Gasteiger partial charge >= 0.3 is 18.6 Å². The van der Waals surface area contributed by atoms with Crippen molar-refractivity contribution in [1.29, 1.82) is 0 Å². The first-order valence-electron chi connectivity index (χ1n) is 9.77. The molecule has 0 aliphatic heterocycles. The van der Waals surface area contributed by atoms with Crippen LogP contribution in [0, 0.1) is 14.4 Å². The molecule has 3 heterocycles. The summed E-state index contributed by atoms with van der Waals surface area (Å²) in [4.78, 5) is 4.64. The minimum Gasteiger partial charge on any atom is -0.358 e. The van der Waals surface area contributed by atoms with Gasteiger partial charge in [0.1, 0.15) is 14.1 Å². The van der Waals surface area contributed by atoms with Crippen LogP contribution in [0.2, 0.25) is 0 Å². The van der Waals surface area contributed by atoms with Crippen molar-refractivity contribution in [2.24, 2.45) is 14.1 Å². The van der Waals surface area contributed by atoms with Gasteiger partial charge in [-0.15, -0.1) is 0 Å². The fraction of sp³-hybridized carbons (Fsp3) is 0.172.